The zero-order valence-corrected chi connectivity index (χ0v) is 11.0. The van der Waals surface area contributed by atoms with Gasteiger partial charge in [-0.2, -0.15) is 13.7 Å². The lowest BCUT2D eigenvalue weighted by molar-refractivity contribution is 0.483. The number of rotatable bonds is 1. The van der Waals surface area contributed by atoms with E-state index in [2.05, 4.69) is 6.19 Å². The summed E-state index contributed by atoms with van der Waals surface area (Å²) in [6, 6.07) is 5.99. The fourth-order valence-corrected chi connectivity index (χ4v) is 2.01. The summed E-state index contributed by atoms with van der Waals surface area (Å²) in [5.41, 5.74) is 0.956. The van der Waals surface area contributed by atoms with Crippen LogP contribution in [-0.4, -0.2) is 31.0 Å². The summed E-state index contributed by atoms with van der Waals surface area (Å²) >= 11 is 0. The Bertz CT molecular complexity index is 511. The minimum atomic E-state index is -4.02. The first kappa shape index (κ1) is 14.5. The maximum Gasteiger partial charge on any atom is 0.294 e. The molecule has 0 atom stereocenters. The van der Waals surface area contributed by atoms with Crippen LogP contribution >= 0.6 is 0 Å². The Morgan fingerprint density at radius 2 is 1.72 bits per heavy atom. The lowest BCUT2D eigenvalue weighted by atomic mass is 10.2. The highest BCUT2D eigenvalue weighted by molar-refractivity contribution is 7.85. The van der Waals surface area contributed by atoms with E-state index in [4.69, 9.17) is 9.81 Å². The van der Waals surface area contributed by atoms with Crippen LogP contribution in [0, 0.1) is 18.4 Å². The third-order valence-corrected chi connectivity index (χ3v) is 3.43. The topological polar surface area (TPSA) is 81.4 Å². The largest absolute Gasteiger partial charge is 0.311 e. The van der Waals surface area contributed by atoms with Crippen molar-refractivity contribution < 1.29 is 13.0 Å². The van der Waals surface area contributed by atoms with Crippen LogP contribution in [0.1, 0.15) is 18.4 Å². The molecule has 1 aliphatic rings. The van der Waals surface area contributed by atoms with Crippen LogP contribution in [0.4, 0.5) is 0 Å². The maximum atomic E-state index is 10.5. The zero-order valence-electron chi connectivity index (χ0n) is 10.2. The molecule has 1 aliphatic heterocycles. The molecule has 98 valence electrons. The van der Waals surface area contributed by atoms with Crippen LogP contribution in [0.5, 0.6) is 0 Å². The average Bonchev–Trinajstić information content (AvgIpc) is 2.82. The van der Waals surface area contributed by atoms with E-state index in [0.29, 0.717) is 0 Å². The Kier molecular flexibility index (Phi) is 5.13. The Labute approximate surface area is 107 Å². The molecule has 0 spiro atoms. The first-order valence-corrected chi connectivity index (χ1v) is 7.06. The highest BCUT2D eigenvalue weighted by Gasteiger charge is 2.07. The molecule has 1 N–H and O–H groups in total. The summed E-state index contributed by atoms with van der Waals surface area (Å²) in [5, 5.41) is 8.24. The van der Waals surface area contributed by atoms with Gasteiger partial charge in [-0.05, 0) is 31.9 Å². The molecule has 6 heteroatoms. The molecule has 18 heavy (non-hydrogen) atoms. The van der Waals surface area contributed by atoms with E-state index >= 15 is 0 Å². The van der Waals surface area contributed by atoms with E-state index in [1.54, 1.807) is 17.0 Å². The van der Waals surface area contributed by atoms with Gasteiger partial charge in [0.1, 0.15) is 0 Å². The molecule has 1 aromatic rings. The van der Waals surface area contributed by atoms with E-state index in [0.717, 1.165) is 18.7 Å². The van der Waals surface area contributed by atoms with Gasteiger partial charge in [0, 0.05) is 13.1 Å². The Morgan fingerprint density at radius 1 is 1.22 bits per heavy atom. The second-order valence-corrected chi connectivity index (χ2v) is 5.50. The molecular formula is C12H16N2O3S. The van der Waals surface area contributed by atoms with Gasteiger partial charge in [-0.15, -0.1) is 0 Å². The number of benzene rings is 1. The lowest BCUT2D eigenvalue weighted by Gasteiger charge is -2.00. The molecule has 0 aliphatic carbocycles. The molecule has 1 fully saturated rings. The van der Waals surface area contributed by atoms with Gasteiger partial charge in [0.05, 0.1) is 4.90 Å². The van der Waals surface area contributed by atoms with Gasteiger partial charge >= 0.3 is 0 Å². The second-order valence-electron chi connectivity index (χ2n) is 4.08. The second kappa shape index (κ2) is 6.38. The smallest absolute Gasteiger partial charge is 0.294 e. The van der Waals surface area contributed by atoms with E-state index < -0.39 is 10.1 Å². The van der Waals surface area contributed by atoms with Crippen LogP contribution in [0.25, 0.3) is 0 Å². The predicted octanol–water partition coefficient (Wildman–Crippen LogP) is 1.81. The fraction of sp³-hybridized carbons (Fsp3) is 0.417. The minimum Gasteiger partial charge on any atom is -0.311 e. The van der Waals surface area contributed by atoms with E-state index in [1.807, 2.05) is 6.92 Å². The number of hydrogen-bond acceptors (Lipinski definition) is 4. The van der Waals surface area contributed by atoms with Crippen LogP contribution in [0.3, 0.4) is 0 Å². The highest BCUT2D eigenvalue weighted by Crippen LogP contribution is 2.08. The van der Waals surface area contributed by atoms with Gasteiger partial charge in [-0.1, -0.05) is 17.7 Å². The molecule has 0 saturated carbocycles. The summed E-state index contributed by atoms with van der Waals surface area (Å²) in [5.74, 6) is 0. The third kappa shape index (κ3) is 4.73. The molecule has 1 aromatic carbocycles. The van der Waals surface area contributed by atoms with Gasteiger partial charge in [0.25, 0.3) is 10.1 Å². The zero-order chi connectivity index (χ0) is 13.6. The number of nitrogens with zero attached hydrogens (tertiary/aromatic N) is 2. The molecule has 0 amide bonds. The van der Waals surface area contributed by atoms with Crippen LogP contribution in [-0.2, 0) is 10.1 Å². The number of aryl methyl sites for hydroxylation is 1. The molecule has 0 unspecified atom stereocenters. The Balaban J connectivity index is 0.000000199. The van der Waals surface area contributed by atoms with Crippen molar-refractivity contribution in [1.82, 2.24) is 4.90 Å². The van der Waals surface area contributed by atoms with Gasteiger partial charge in [-0.3, -0.25) is 4.55 Å². The first-order chi connectivity index (χ1) is 8.43. The fourth-order valence-electron chi connectivity index (χ4n) is 1.53. The number of likely N-dealkylation sites (tertiary alicyclic amines) is 1. The van der Waals surface area contributed by atoms with Gasteiger partial charge in [0.2, 0.25) is 0 Å². The molecule has 0 radical (unpaired) electrons. The minimum absolute atomic E-state index is 0.0666. The highest BCUT2D eigenvalue weighted by atomic mass is 32.2. The van der Waals surface area contributed by atoms with E-state index in [-0.39, 0.29) is 4.90 Å². The van der Waals surface area contributed by atoms with Gasteiger partial charge in [0.15, 0.2) is 6.19 Å². The van der Waals surface area contributed by atoms with Gasteiger partial charge < -0.3 is 4.90 Å². The average molecular weight is 268 g/mol. The van der Waals surface area contributed by atoms with Crippen molar-refractivity contribution in [1.29, 1.82) is 5.26 Å². The van der Waals surface area contributed by atoms with Crippen molar-refractivity contribution in [3.63, 3.8) is 0 Å². The van der Waals surface area contributed by atoms with Crippen molar-refractivity contribution in [3.05, 3.63) is 29.8 Å². The number of nitriles is 1. The van der Waals surface area contributed by atoms with Crippen molar-refractivity contribution >= 4 is 10.1 Å². The van der Waals surface area contributed by atoms with E-state index in [9.17, 15) is 8.42 Å². The summed E-state index contributed by atoms with van der Waals surface area (Å²) in [6.45, 7) is 3.81. The summed E-state index contributed by atoms with van der Waals surface area (Å²) < 4.78 is 29.6. The lowest BCUT2D eigenvalue weighted by Crippen LogP contribution is -2.10. The van der Waals surface area contributed by atoms with Crippen molar-refractivity contribution in [3.8, 4) is 6.19 Å². The van der Waals surface area contributed by atoms with Gasteiger partial charge in [-0.25, -0.2) is 0 Å². The Hall–Kier alpha value is -1.58. The summed E-state index contributed by atoms with van der Waals surface area (Å²) in [4.78, 5) is 1.73. The normalized spacial score (nSPS) is 14.6. The molecule has 5 nitrogen and oxygen atoms in total. The molecule has 1 heterocycles. The van der Waals surface area contributed by atoms with Crippen molar-refractivity contribution in [2.75, 3.05) is 13.1 Å². The van der Waals surface area contributed by atoms with Crippen LogP contribution < -0.4 is 0 Å². The van der Waals surface area contributed by atoms with Crippen LogP contribution in [0.2, 0.25) is 0 Å². The third-order valence-electron chi connectivity index (χ3n) is 2.57. The monoisotopic (exact) mass is 268 g/mol. The SMILES string of the molecule is Cc1ccc(S(=O)(=O)O)cc1.N#CN1CCCC1. The molecule has 0 aromatic heterocycles. The predicted molar refractivity (Wildman–Crippen MR) is 67.4 cm³/mol. The molecule has 0 bridgehead atoms. The molecule has 1 saturated heterocycles. The summed E-state index contributed by atoms with van der Waals surface area (Å²) in [6.07, 6.45) is 4.50. The number of hydrogen-bond donors (Lipinski definition) is 1. The first-order valence-electron chi connectivity index (χ1n) is 5.62. The van der Waals surface area contributed by atoms with Crippen LogP contribution in [0.15, 0.2) is 29.2 Å². The maximum absolute atomic E-state index is 10.5. The molecule has 2 rings (SSSR count). The Morgan fingerprint density at radius 3 is 2.06 bits per heavy atom. The van der Waals surface area contributed by atoms with Crippen molar-refractivity contribution in [2.45, 2.75) is 24.7 Å². The quantitative estimate of drug-likeness (QED) is 0.620. The van der Waals surface area contributed by atoms with Crippen molar-refractivity contribution in [2.24, 2.45) is 0 Å². The summed E-state index contributed by atoms with van der Waals surface area (Å²) in [7, 11) is -4.02. The standard InChI is InChI=1S/C7H8O3S.C5H8N2/c1-6-2-4-7(5-3-6)11(8,9)10;6-5-7-3-1-2-4-7/h2-5H,1H3,(H,8,9,10);1-4H2. The van der Waals surface area contributed by atoms with E-state index in [1.165, 1.54) is 25.0 Å². The molecular weight excluding hydrogens is 252 g/mol.